The third-order valence-electron chi connectivity index (χ3n) is 3.24. The van der Waals surface area contributed by atoms with Crippen molar-refractivity contribution in [1.29, 1.82) is 0 Å². The zero-order chi connectivity index (χ0) is 12.7. The highest BCUT2D eigenvalue weighted by atomic mass is 33.1. The van der Waals surface area contributed by atoms with E-state index in [1.807, 2.05) is 0 Å². The van der Waals surface area contributed by atoms with Gasteiger partial charge in [0.05, 0.1) is 6.10 Å². The number of thiol groups is 1. The number of hydrogen-bond donors (Lipinski definition) is 1. The third-order valence-corrected chi connectivity index (χ3v) is 5.34. The molecule has 0 aromatic rings. The van der Waals surface area contributed by atoms with Gasteiger partial charge in [0, 0.05) is 31.0 Å². The average molecular weight is 277 g/mol. The van der Waals surface area contributed by atoms with Crippen LogP contribution in [0.3, 0.4) is 0 Å². The van der Waals surface area contributed by atoms with E-state index in [2.05, 4.69) is 37.3 Å². The third kappa shape index (κ3) is 6.37. The van der Waals surface area contributed by atoms with E-state index in [4.69, 9.17) is 4.74 Å². The lowest BCUT2D eigenvalue weighted by Gasteiger charge is -2.36. The van der Waals surface area contributed by atoms with Crippen molar-refractivity contribution >= 4 is 22.5 Å². The van der Waals surface area contributed by atoms with Gasteiger partial charge < -0.3 is 9.64 Å². The summed E-state index contributed by atoms with van der Waals surface area (Å²) in [4.78, 5) is 2.54. The van der Waals surface area contributed by atoms with Crippen LogP contribution in [0.2, 0.25) is 0 Å². The topological polar surface area (TPSA) is 12.5 Å². The first-order valence-electron chi connectivity index (χ1n) is 6.74. The van der Waals surface area contributed by atoms with Crippen LogP contribution in [0.4, 0.5) is 0 Å². The Morgan fingerprint density at radius 2 is 2.00 bits per heavy atom. The maximum absolute atomic E-state index is 5.88. The maximum Gasteiger partial charge on any atom is 0.0599 e. The number of rotatable bonds is 7. The van der Waals surface area contributed by atoms with E-state index in [1.54, 1.807) is 10.8 Å². The quantitative estimate of drug-likeness (QED) is 0.434. The van der Waals surface area contributed by atoms with E-state index in [0.29, 0.717) is 6.10 Å². The molecule has 0 atom stereocenters. The molecule has 0 aromatic carbocycles. The van der Waals surface area contributed by atoms with Crippen LogP contribution in [0.1, 0.15) is 46.5 Å². The predicted molar refractivity (Wildman–Crippen MR) is 81.0 cm³/mol. The molecular weight excluding hydrogens is 250 g/mol. The van der Waals surface area contributed by atoms with Gasteiger partial charge in [0.25, 0.3) is 0 Å². The van der Waals surface area contributed by atoms with Gasteiger partial charge in [-0.3, -0.25) is 0 Å². The maximum atomic E-state index is 5.88. The van der Waals surface area contributed by atoms with Crippen molar-refractivity contribution in [2.75, 3.05) is 26.2 Å². The van der Waals surface area contributed by atoms with Crippen molar-refractivity contribution in [3.63, 3.8) is 0 Å². The Kier molecular flexibility index (Phi) is 7.31. The molecule has 102 valence electrons. The Morgan fingerprint density at radius 1 is 1.35 bits per heavy atom. The van der Waals surface area contributed by atoms with Gasteiger partial charge in [-0.2, -0.15) is 0 Å². The molecule has 17 heavy (non-hydrogen) atoms. The van der Waals surface area contributed by atoms with E-state index in [-0.39, 0.29) is 4.75 Å². The SMILES string of the molecule is CCCCOC1CCN(CC(C)(C)SS)CC1. The van der Waals surface area contributed by atoms with Crippen LogP contribution < -0.4 is 0 Å². The van der Waals surface area contributed by atoms with E-state index < -0.39 is 0 Å². The number of ether oxygens (including phenoxy) is 1. The van der Waals surface area contributed by atoms with Crippen molar-refractivity contribution in [3.8, 4) is 0 Å². The van der Waals surface area contributed by atoms with Crippen molar-refractivity contribution in [3.05, 3.63) is 0 Å². The van der Waals surface area contributed by atoms with Crippen LogP contribution >= 0.6 is 22.5 Å². The summed E-state index contributed by atoms with van der Waals surface area (Å²) in [5.74, 6) is 0. The van der Waals surface area contributed by atoms with Crippen LogP contribution in [0.15, 0.2) is 0 Å². The summed E-state index contributed by atoms with van der Waals surface area (Å²) in [6, 6.07) is 0. The molecule has 4 heteroatoms. The highest BCUT2D eigenvalue weighted by molar-refractivity contribution is 8.69. The highest BCUT2D eigenvalue weighted by Crippen LogP contribution is 2.29. The van der Waals surface area contributed by atoms with Gasteiger partial charge in [0.15, 0.2) is 0 Å². The molecule has 0 amide bonds. The highest BCUT2D eigenvalue weighted by Gasteiger charge is 2.25. The Bertz CT molecular complexity index is 204. The minimum Gasteiger partial charge on any atom is -0.378 e. The second-order valence-electron chi connectivity index (χ2n) is 5.55. The summed E-state index contributed by atoms with van der Waals surface area (Å²) in [7, 11) is 1.66. The Labute approximate surface area is 116 Å². The number of piperidine rings is 1. The monoisotopic (exact) mass is 277 g/mol. The van der Waals surface area contributed by atoms with Gasteiger partial charge in [0.2, 0.25) is 0 Å². The summed E-state index contributed by atoms with van der Waals surface area (Å²) in [5.41, 5.74) is 0. The van der Waals surface area contributed by atoms with Crippen LogP contribution in [0.25, 0.3) is 0 Å². The smallest absolute Gasteiger partial charge is 0.0599 e. The zero-order valence-electron chi connectivity index (χ0n) is 11.4. The lowest BCUT2D eigenvalue weighted by atomic mass is 10.1. The van der Waals surface area contributed by atoms with E-state index in [9.17, 15) is 0 Å². The Balaban J connectivity index is 2.17. The van der Waals surface area contributed by atoms with E-state index in [1.165, 1.54) is 38.8 Å². The van der Waals surface area contributed by atoms with Crippen molar-refractivity contribution in [2.45, 2.75) is 57.3 Å². The fourth-order valence-corrected chi connectivity index (χ4v) is 2.61. The van der Waals surface area contributed by atoms with Gasteiger partial charge >= 0.3 is 0 Å². The van der Waals surface area contributed by atoms with Gasteiger partial charge in [-0.05, 0) is 33.1 Å². The molecule has 2 nitrogen and oxygen atoms in total. The lowest BCUT2D eigenvalue weighted by molar-refractivity contribution is 0.00526. The molecule has 0 bridgehead atoms. The van der Waals surface area contributed by atoms with Gasteiger partial charge in [0.1, 0.15) is 0 Å². The van der Waals surface area contributed by atoms with Crippen LogP contribution in [-0.4, -0.2) is 42.0 Å². The first-order chi connectivity index (χ1) is 8.07. The Morgan fingerprint density at radius 3 is 2.53 bits per heavy atom. The first kappa shape index (κ1) is 15.7. The summed E-state index contributed by atoms with van der Waals surface area (Å²) in [5, 5.41) is 0. The molecule has 1 heterocycles. The predicted octanol–water partition coefficient (Wildman–Crippen LogP) is 3.62. The van der Waals surface area contributed by atoms with Crippen molar-refractivity contribution < 1.29 is 4.74 Å². The van der Waals surface area contributed by atoms with Crippen molar-refractivity contribution in [1.82, 2.24) is 4.90 Å². The van der Waals surface area contributed by atoms with E-state index >= 15 is 0 Å². The van der Waals surface area contributed by atoms with E-state index in [0.717, 1.165) is 13.2 Å². The first-order valence-corrected chi connectivity index (χ1v) is 8.61. The molecule has 0 aromatic heterocycles. The molecule has 0 spiro atoms. The molecule has 0 aliphatic carbocycles. The normalized spacial score (nSPS) is 19.8. The number of nitrogens with zero attached hydrogens (tertiary/aromatic N) is 1. The van der Waals surface area contributed by atoms with Gasteiger partial charge in [-0.25, -0.2) is 0 Å². The molecule has 0 saturated carbocycles. The molecular formula is C13H27NOS2. The molecule has 1 aliphatic heterocycles. The zero-order valence-corrected chi connectivity index (χ0v) is 13.2. The number of likely N-dealkylation sites (tertiary alicyclic amines) is 1. The second-order valence-corrected chi connectivity index (χ2v) is 7.39. The summed E-state index contributed by atoms with van der Waals surface area (Å²) in [6.45, 7) is 11.2. The Hall–Kier alpha value is 0.620. The van der Waals surface area contributed by atoms with Crippen LogP contribution in [-0.2, 0) is 4.74 Å². The second kappa shape index (κ2) is 7.93. The van der Waals surface area contributed by atoms with Crippen molar-refractivity contribution in [2.24, 2.45) is 0 Å². The fourth-order valence-electron chi connectivity index (χ4n) is 2.20. The molecule has 1 aliphatic rings. The van der Waals surface area contributed by atoms with Crippen LogP contribution in [0, 0.1) is 0 Å². The molecule has 1 saturated heterocycles. The standard InChI is InChI=1S/C13H27NOS2/c1-4-5-10-15-12-6-8-14(9-7-12)11-13(2,3)17-16/h12,16H,4-11H2,1-3H3. The number of unbranched alkanes of at least 4 members (excludes halogenated alkanes) is 1. The lowest BCUT2D eigenvalue weighted by Crippen LogP contribution is -2.43. The molecule has 0 N–H and O–H groups in total. The minimum absolute atomic E-state index is 0.249. The number of hydrogen-bond acceptors (Lipinski definition) is 4. The average Bonchev–Trinajstić information content (AvgIpc) is 2.31. The van der Waals surface area contributed by atoms with Crippen LogP contribution in [0.5, 0.6) is 0 Å². The molecule has 0 unspecified atom stereocenters. The molecule has 1 rings (SSSR count). The summed E-state index contributed by atoms with van der Waals surface area (Å²) in [6.07, 6.45) is 5.31. The molecule has 1 fully saturated rings. The van der Waals surface area contributed by atoms with Gasteiger partial charge in [-0.1, -0.05) is 24.1 Å². The van der Waals surface area contributed by atoms with Gasteiger partial charge in [-0.15, -0.1) is 11.7 Å². The largest absolute Gasteiger partial charge is 0.378 e. The fraction of sp³-hybridized carbons (Fsp3) is 1.00. The summed E-state index contributed by atoms with van der Waals surface area (Å²) < 4.78 is 6.13. The molecule has 0 radical (unpaired) electrons. The summed E-state index contributed by atoms with van der Waals surface area (Å²) >= 11 is 4.34. The minimum atomic E-state index is 0.249.